The van der Waals surface area contributed by atoms with Gasteiger partial charge in [-0.3, -0.25) is 4.90 Å². The highest BCUT2D eigenvalue weighted by molar-refractivity contribution is 5.96. The third-order valence-corrected chi connectivity index (χ3v) is 5.69. The number of guanidine groups is 1. The van der Waals surface area contributed by atoms with E-state index in [-0.39, 0.29) is 5.96 Å². The van der Waals surface area contributed by atoms with Gasteiger partial charge in [-0.05, 0) is 92.9 Å². The summed E-state index contributed by atoms with van der Waals surface area (Å²) >= 11 is 0. The first-order chi connectivity index (χ1) is 16.1. The molecule has 8 nitrogen and oxygen atoms in total. The highest BCUT2D eigenvalue weighted by Gasteiger charge is 2.11. The lowest BCUT2D eigenvalue weighted by Gasteiger charge is -2.15. The summed E-state index contributed by atoms with van der Waals surface area (Å²) in [5.74, 6) is 1.05. The summed E-state index contributed by atoms with van der Waals surface area (Å²) in [7, 11) is 0. The van der Waals surface area contributed by atoms with E-state index in [1.54, 1.807) is 12.4 Å². The summed E-state index contributed by atoms with van der Waals surface area (Å²) in [5, 5.41) is 6.71. The van der Waals surface area contributed by atoms with Gasteiger partial charge in [-0.1, -0.05) is 0 Å². The minimum atomic E-state index is 0.222. The average Bonchev–Trinajstić information content (AvgIpc) is 3.35. The highest BCUT2D eigenvalue weighted by atomic mass is 16.5. The Hall–Kier alpha value is -3.65. The fourth-order valence-corrected chi connectivity index (χ4v) is 4.00. The number of aromatic nitrogens is 2. The maximum absolute atomic E-state index is 7.58. The normalized spacial score (nSPS) is 14.3. The summed E-state index contributed by atoms with van der Waals surface area (Å²) in [5.41, 5.74) is 13.1. The van der Waals surface area contributed by atoms with Crippen LogP contribution in [-0.2, 0) is 0 Å². The number of hydrogen-bond acceptors (Lipinski definition) is 6. The van der Waals surface area contributed by atoms with Crippen LogP contribution in [-0.4, -0.2) is 47.1 Å². The molecular weight excluding hydrogens is 414 g/mol. The highest BCUT2D eigenvalue weighted by Crippen LogP contribution is 2.30. The quantitative estimate of drug-likeness (QED) is 0.291. The first-order valence-electron chi connectivity index (χ1n) is 11.2. The largest absolute Gasteiger partial charge is 0.492 e. The molecule has 0 saturated carbocycles. The summed E-state index contributed by atoms with van der Waals surface area (Å²) < 4.78 is 5.86. The number of nitrogens with zero attached hydrogens (tertiary/aromatic N) is 5. The second kappa shape index (κ2) is 10.8. The maximum Gasteiger partial charge on any atom is 0.246 e. The first-order valence-corrected chi connectivity index (χ1v) is 11.2. The van der Waals surface area contributed by atoms with Crippen LogP contribution < -0.4 is 10.1 Å². The van der Waals surface area contributed by atoms with Gasteiger partial charge in [0.1, 0.15) is 18.7 Å². The molecule has 1 fully saturated rings. The molecule has 0 amide bonds. The van der Waals surface area contributed by atoms with Gasteiger partial charge in [-0.2, -0.15) is 0 Å². The molecule has 1 aromatic heterocycles. The van der Waals surface area contributed by atoms with E-state index >= 15 is 0 Å². The zero-order valence-corrected chi connectivity index (χ0v) is 19.1. The lowest BCUT2D eigenvalue weighted by Crippen LogP contribution is -2.25. The summed E-state index contributed by atoms with van der Waals surface area (Å²) in [6.45, 7) is 7.99. The molecule has 2 heterocycles. The number of aliphatic imine (C=N–C) groups is 1. The molecule has 33 heavy (non-hydrogen) atoms. The Bertz CT molecular complexity index is 1080. The molecule has 1 aliphatic heterocycles. The third-order valence-electron chi connectivity index (χ3n) is 5.69. The number of benzene rings is 2. The molecule has 3 aromatic rings. The zero-order valence-electron chi connectivity index (χ0n) is 19.1. The Balaban J connectivity index is 1.42. The molecule has 8 heteroatoms. The molecule has 1 aliphatic rings. The van der Waals surface area contributed by atoms with Crippen molar-refractivity contribution in [2.45, 2.75) is 26.7 Å². The van der Waals surface area contributed by atoms with Crippen LogP contribution in [0.5, 0.6) is 5.75 Å². The van der Waals surface area contributed by atoms with Gasteiger partial charge in [0, 0.05) is 30.2 Å². The Morgan fingerprint density at radius 2 is 1.70 bits per heavy atom. The number of likely N-dealkylation sites (tertiary alicyclic amines) is 1. The van der Waals surface area contributed by atoms with E-state index in [1.165, 1.54) is 32.3 Å². The lowest BCUT2D eigenvalue weighted by molar-refractivity contribution is 0.238. The Kier molecular flexibility index (Phi) is 7.36. The van der Waals surface area contributed by atoms with Gasteiger partial charge in [0.25, 0.3) is 0 Å². The SMILES string of the molecule is Cc1cc(-c2cncnc2)cc(C)c1/N=C(\N=N)Nc1ccc(OCCN2CCCC2)cc1. The van der Waals surface area contributed by atoms with Crippen molar-refractivity contribution in [2.24, 2.45) is 10.1 Å². The van der Waals surface area contributed by atoms with Crippen LogP contribution in [0.25, 0.3) is 11.1 Å². The molecule has 2 aromatic carbocycles. The molecule has 0 aliphatic carbocycles. The monoisotopic (exact) mass is 443 g/mol. The summed E-state index contributed by atoms with van der Waals surface area (Å²) in [6.07, 6.45) is 7.67. The predicted molar refractivity (Wildman–Crippen MR) is 130 cm³/mol. The molecule has 0 unspecified atom stereocenters. The molecule has 2 N–H and O–H groups in total. The van der Waals surface area contributed by atoms with Gasteiger partial charge in [0.05, 0.1) is 5.69 Å². The fraction of sp³-hybridized carbons (Fsp3) is 0.320. The van der Waals surface area contributed by atoms with Crippen LogP contribution in [0.2, 0.25) is 0 Å². The molecule has 0 radical (unpaired) electrons. The van der Waals surface area contributed by atoms with E-state index in [9.17, 15) is 0 Å². The van der Waals surface area contributed by atoms with Crippen LogP contribution in [0.1, 0.15) is 24.0 Å². The number of anilines is 1. The van der Waals surface area contributed by atoms with Crippen molar-refractivity contribution in [3.8, 4) is 16.9 Å². The molecule has 0 atom stereocenters. The number of nitrogens with one attached hydrogen (secondary N) is 2. The van der Waals surface area contributed by atoms with E-state index < -0.39 is 0 Å². The molecule has 170 valence electrons. The van der Waals surface area contributed by atoms with E-state index in [0.717, 1.165) is 45.9 Å². The number of ether oxygens (including phenoxy) is 1. The standard InChI is InChI=1S/C25H29N7O/c1-18-13-20(21-15-27-17-28-16-21)14-19(2)24(18)30-25(31-26)29-22-5-7-23(8-6-22)33-12-11-32-9-3-4-10-32/h5-8,13-17,26H,3-4,9-12H2,1-2H3,(H,29,30). The Morgan fingerprint density at radius 1 is 1.03 bits per heavy atom. The van der Waals surface area contributed by atoms with Crippen LogP contribution in [0.3, 0.4) is 0 Å². The second-order valence-corrected chi connectivity index (χ2v) is 8.18. The van der Waals surface area contributed by atoms with E-state index in [1.807, 2.05) is 50.2 Å². The number of aryl methyl sites for hydroxylation is 2. The fourth-order valence-electron chi connectivity index (χ4n) is 4.00. The summed E-state index contributed by atoms with van der Waals surface area (Å²) in [4.78, 5) is 15.2. The van der Waals surface area contributed by atoms with Crippen molar-refractivity contribution in [1.82, 2.24) is 14.9 Å². The smallest absolute Gasteiger partial charge is 0.246 e. The van der Waals surface area contributed by atoms with Crippen molar-refractivity contribution in [3.63, 3.8) is 0 Å². The van der Waals surface area contributed by atoms with Crippen LogP contribution in [0.4, 0.5) is 11.4 Å². The predicted octanol–water partition coefficient (Wildman–Crippen LogP) is 5.37. The van der Waals surface area contributed by atoms with Crippen molar-refractivity contribution < 1.29 is 4.74 Å². The minimum Gasteiger partial charge on any atom is -0.492 e. The van der Waals surface area contributed by atoms with Gasteiger partial charge in [-0.15, -0.1) is 5.11 Å². The van der Waals surface area contributed by atoms with E-state index in [4.69, 9.17) is 10.3 Å². The van der Waals surface area contributed by atoms with Crippen molar-refractivity contribution in [3.05, 3.63) is 66.2 Å². The van der Waals surface area contributed by atoms with Gasteiger partial charge in [0.2, 0.25) is 5.96 Å². The van der Waals surface area contributed by atoms with Crippen molar-refractivity contribution in [2.75, 3.05) is 31.6 Å². The van der Waals surface area contributed by atoms with Gasteiger partial charge >= 0.3 is 0 Å². The number of rotatable bonds is 7. The molecule has 0 bridgehead atoms. The summed E-state index contributed by atoms with van der Waals surface area (Å²) in [6, 6.07) is 11.7. The first kappa shape index (κ1) is 22.5. The maximum atomic E-state index is 7.58. The molecule has 1 saturated heterocycles. The Morgan fingerprint density at radius 3 is 2.33 bits per heavy atom. The van der Waals surface area contributed by atoms with Crippen molar-refractivity contribution >= 4 is 17.3 Å². The average molecular weight is 444 g/mol. The number of hydrogen-bond donors (Lipinski definition) is 2. The van der Waals surface area contributed by atoms with E-state index in [0.29, 0.717) is 6.61 Å². The second-order valence-electron chi connectivity index (χ2n) is 8.18. The van der Waals surface area contributed by atoms with Crippen LogP contribution in [0.15, 0.2) is 65.2 Å². The molecular formula is C25H29N7O. The Labute approximate surface area is 194 Å². The van der Waals surface area contributed by atoms with Crippen LogP contribution >= 0.6 is 0 Å². The van der Waals surface area contributed by atoms with Crippen molar-refractivity contribution in [1.29, 1.82) is 5.53 Å². The lowest BCUT2D eigenvalue weighted by atomic mass is 10.0. The van der Waals surface area contributed by atoms with Crippen LogP contribution in [0, 0.1) is 19.4 Å². The topological polar surface area (TPSA) is 98.8 Å². The molecule has 0 spiro atoms. The van der Waals surface area contributed by atoms with Gasteiger partial charge in [-0.25, -0.2) is 20.5 Å². The molecule has 4 rings (SSSR count). The minimum absolute atomic E-state index is 0.222. The van der Waals surface area contributed by atoms with Gasteiger partial charge < -0.3 is 10.1 Å². The third kappa shape index (κ3) is 5.98. The van der Waals surface area contributed by atoms with Gasteiger partial charge in [0.15, 0.2) is 0 Å². The van der Waals surface area contributed by atoms with E-state index in [2.05, 4.69) is 30.3 Å². The zero-order chi connectivity index (χ0) is 23.0.